The van der Waals surface area contributed by atoms with Crippen LogP contribution in [0.1, 0.15) is 24.1 Å². The van der Waals surface area contributed by atoms with Gasteiger partial charge >= 0.3 is 5.97 Å². The summed E-state index contributed by atoms with van der Waals surface area (Å²) in [7, 11) is 3.21. The Kier molecular flexibility index (Phi) is 5.05. The third-order valence-electron chi connectivity index (χ3n) is 5.00. The summed E-state index contributed by atoms with van der Waals surface area (Å²) < 4.78 is 16.5. The molecular weight excluding hydrogens is 374 g/mol. The topological polar surface area (TPSA) is 57.7 Å². The van der Waals surface area contributed by atoms with Crippen LogP contribution in [-0.2, 0) is 21.6 Å². The zero-order chi connectivity index (χ0) is 19.6. The zero-order valence-corrected chi connectivity index (χ0v) is 16.6. The minimum absolute atomic E-state index is 0.163. The summed E-state index contributed by atoms with van der Waals surface area (Å²) >= 11 is 1.48. The van der Waals surface area contributed by atoms with Crippen molar-refractivity contribution in [1.82, 2.24) is 4.98 Å². The first-order chi connectivity index (χ1) is 13.7. The van der Waals surface area contributed by atoms with Gasteiger partial charge in [-0.15, -0.1) is 11.3 Å². The minimum Gasteiger partial charge on any atom is -0.493 e. The van der Waals surface area contributed by atoms with Crippen LogP contribution in [0.3, 0.4) is 0 Å². The number of thiazole rings is 1. The van der Waals surface area contributed by atoms with Crippen LogP contribution in [0.4, 0.5) is 0 Å². The first-order valence-corrected chi connectivity index (χ1v) is 9.94. The molecule has 2 aromatic carbocycles. The number of methoxy groups -OCH3 is 2. The molecule has 0 atom stereocenters. The molecule has 0 unspecified atom stereocenters. The molecule has 0 amide bonds. The van der Waals surface area contributed by atoms with Gasteiger partial charge in [-0.1, -0.05) is 36.4 Å². The Hall–Kier alpha value is -2.86. The van der Waals surface area contributed by atoms with Gasteiger partial charge in [0.25, 0.3) is 0 Å². The molecule has 3 aromatic rings. The van der Waals surface area contributed by atoms with Gasteiger partial charge in [-0.3, -0.25) is 4.79 Å². The number of benzene rings is 2. The first kappa shape index (κ1) is 18.5. The lowest BCUT2D eigenvalue weighted by atomic mass is 9.96. The molecule has 28 heavy (non-hydrogen) atoms. The van der Waals surface area contributed by atoms with Gasteiger partial charge < -0.3 is 14.2 Å². The molecule has 144 valence electrons. The second-order valence-electron chi connectivity index (χ2n) is 6.71. The van der Waals surface area contributed by atoms with E-state index in [0.717, 1.165) is 34.7 Å². The number of carbonyl (C=O) groups excluding carboxylic acids is 1. The second kappa shape index (κ2) is 7.64. The summed E-state index contributed by atoms with van der Waals surface area (Å²) in [5.74, 6) is 1.12. The van der Waals surface area contributed by atoms with Crippen LogP contribution in [-0.4, -0.2) is 25.2 Å². The van der Waals surface area contributed by atoms with Crippen molar-refractivity contribution >= 4 is 17.3 Å². The van der Waals surface area contributed by atoms with Crippen LogP contribution in [0.15, 0.2) is 53.9 Å². The van der Waals surface area contributed by atoms with E-state index in [0.29, 0.717) is 11.5 Å². The average Bonchev–Trinajstić information content (AvgIpc) is 3.43. The first-order valence-electron chi connectivity index (χ1n) is 9.06. The number of nitrogens with zero attached hydrogens (tertiary/aromatic N) is 1. The fourth-order valence-corrected chi connectivity index (χ4v) is 4.15. The van der Waals surface area contributed by atoms with Gasteiger partial charge in [-0.25, -0.2) is 4.98 Å². The molecule has 0 aliphatic heterocycles. The normalized spacial score (nSPS) is 14.4. The predicted octanol–water partition coefficient (Wildman–Crippen LogP) is 4.60. The van der Waals surface area contributed by atoms with Gasteiger partial charge in [-0.05, 0) is 30.5 Å². The predicted molar refractivity (Wildman–Crippen MR) is 108 cm³/mol. The molecule has 0 bridgehead atoms. The van der Waals surface area contributed by atoms with Gasteiger partial charge in [0.1, 0.15) is 11.6 Å². The maximum atomic E-state index is 12.7. The molecule has 0 saturated heterocycles. The van der Waals surface area contributed by atoms with Crippen molar-refractivity contribution in [2.45, 2.75) is 24.9 Å². The minimum atomic E-state index is -0.476. The summed E-state index contributed by atoms with van der Waals surface area (Å²) in [5, 5.41) is 2.70. The van der Waals surface area contributed by atoms with Gasteiger partial charge in [-0.2, -0.15) is 0 Å². The van der Waals surface area contributed by atoms with Crippen LogP contribution in [0.2, 0.25) is 0 Å². The van der Waals surface area contributed by atoms with Crippen LogP contribution in [0.5, 0.6) is 11.5 Å². The lowest BCUT2D eigenvalue weighted by molar-refractivity contribution is -0.148. The van der Waals surface area contributed by atoms with Crippen molar-refractivity contribution in [3.63, 3.8) is 0 Å². The van der Waals surface area contributed by atoms with Gasteiger partial charge in [0.05, 0.1) is 30.9 Å². The fraction of sp³-hybridized carbons (Fsp3) is 0.273. The largest absolute Gasteiger partial charge is 0.493 e. The molecule has 1 aromatic heterocycles. The number of carbonyl (C=O) groups is 1. The molecule has 4 rings (SSSR count). The highest BCUT2D eigenvalue weighted by atomic mass is 32.1. The van der Waals surface area contributed by atoms with E-state index in [4.69, 9.17) is 14.2 Å². The number of hydrogen-bond acceptors (Lipinski definition) is 6. The standard InChI is InChI=1S/C22H21NO4S/c1-25-18-10-6-9-17(19(18)26-2)20-23-16(14-28-20)13-27-21(24)22(11-12-22)15-7-4-3-5-8-15/h3-10,14H,11-13H2,1-2H3. The summed E-state index contributed by atoms with van der Waals surface area (Å²) in [6.45, 7) is 0.163. The number of ether oxygens (including phenoxy) is 3. The summed E-state index contributed by atoms with van der Waals surface area (Å²) in [4.78, 5) is 17.3. The Labute approximate surface area is 167 Å². The van der Waals surface area contributed by atoms with Crippen molar-refractivity contribution in [2.75, 3.05) is 14.2 Å². The highest BCUT2D eigenvalue weighted by molar-refractivity contribution is 7.13. The van der Waals surface area contributed by atoms with E-state index in [1.807, 2.05) is 53.9 Å². The highest BCUT2D eigenvalue weighted by Gasteiger charge is 2.52. The van der Waals surface area contributed by atoms with Crippen molar-refractivity contribution in [3.05, 3.63) is 65.2 Å². The third-order valence-corrected chi connectivity index (χ3v) is 5.93. The summed E-state index contributed by atoms with van der Waals surface area (Å²) in [6.07, 6.45) is 1.67. The Bertz CT molecular complexity index is 979. The van der Waals surface area contributed by atoms with Crippen molar-refractivity contribution in [1.29, 1.82) is 0 Å². The van der Waals surface area contributed by atoms with E-state index in [-0.39, 0.29) is 12.6 Å². The van der Waals surface area contributed by atoms with Crippen LogP contribution in [0, 0.1) is 0 Å². The average molecular weight is 395 g/mol. The fourth-order valence-electron chi connectivity index (χ4n) is 3.32. The Balaban J connectivity index is 1.47. The third kappa shape index (κ3) is 3.36. The molecule has 1 heterocycles. The molecule has 1 fully saturated rings. The van der Waals surface area contributed by atoms with E-state index >= 15 is 0 Å². The Morgan fingerprint density at radius 2 is 1.86 bits per heavy atom. The lowest BCUT2D eigenvalue weighted by Crippen LogP contribution is -2.23. The quantitative estimate of drug-likeness (QED) is 0.547. The highest BCUT2D eigenvalue weighted by Crippen LogP contribution is 2.49. The van der Waals surface area contributed by atoms with Gasteiger partial charge in [0, 0.05) is 5.38 Å². The number of esters is 1. The number of aromatic nitrogens is 1. The molecular formula is C22H21NO4S. The van der Waals surface area contributed by atoms with Gasteiger partial charge in [0.2, 0.25) is 0 Å². The molecule has 0 spiro atoms. The lowest BCUT2D eigenvalue weighted by Gasteiger charge is -2.14. The van der Waals surface area contributed by atoms with E-state index in [2.05, 4.69) is 4.98 Å². The monoisotopic (exact) mass is 395 g/mol. The van der Waals surface area contributed by atoms with Crippen molar-refractivity contribution < 1.29 is 19.0 Å². The summed E-state index contributed by atoms with van der Waals surface area (Å²) in [5.41, 5.74) is 2.13. The van der Waals surface area contributed by atoms with Crippen LogP contribution < -0.4 is 9.47 Å². The molecule has 1 aliphatic carbocycles. The van der Waals surface area contributed by atoms with E-state index in [9.17, 15) is 4.79 Å². The zero-order valence-electron chi connectivity index (χ0n) is 15.8. The Morgan fingerprint density at radius 3 is 2.54 bits per heavy atom. The number of para-hydroxylation sites is 1. The van der Waals surface area contributed by atoms with Crippen LogP contribution >= 0.6 is 11.3 Å². The SMILES string of the molecule is COc1cccc(-c2nc(COC(=O)C3(c4ccccc4)CC3)cs2)c1OC. The smallest absolute Gasteiger partial charge is 0.316 e. The van der Waals surface area contributed by atoms with Gasteiger partial charge in [0.15, 0.2) is 11.5 Å². The molecule has 0 N–H and O–H groups in total. The summed E-state index contributed by atoms with van der Waals surface area (Å²) in [6, 6.07) is 15.5. The second-order valence-corrected chi connectivity index (χ2v) is 7.57. The van der Waals surface area contributed by atoms with E-state index < -0.39 is 5.41 Å². The maximum absolute atomic E-state index is 12.7. The van der Waals surface area contributed by atoms with Crippen molar-refractivity contribution in [3.8, 4) is 22.1 Å². The van der Waals surface area contributed by atoms with E-state index in [1.165, 1.54) is 11.3 Å². The molecule has 5 nitrogen and oxygen atoms in total. The Morgan fingerprint density at radius 1 is 1.07 bits per heavy atom. The van der Waals surface area contributed by atoms with E-state index in [1.54, 1.807) is 14.2 Å². The molecule has 6 heteroatoms. The van der Waals surface area contributed by atoms with Crippen molar-refractivity contribution in [2.24, 2.45) is 0 Å². The number of hydrogen-bond donors (Lipinski definition) is 0. The van der Waals surface area contributed by atoms with Crippen LogP contribution in [0.25, 0.3) is 10.6 Å². The number of rotatable bonds is 7. The maximum Gasteiger partial charge on any atom is 0.316 e. The molecule has 0 radical (unpaired) electrons. The molecule has 1 aliphatic rings. The molecule has 1 saturated carbocycles.